The first-order chi connectivity index (χ1) is 8.99. The Morgan fingerprint density at radius 3 is 2.42 bits per heavy atom. The number of aromatic nitrogens is 2. The number of rotatable bonds is 3. The predicted octanol–water partition coefficient (Wildman–Crippen LogP) is 2.70. The monoisotopic (exact) mass is 258 g/mol. The van der Waals surface area contributed by atoms with Crippen LogP contribution in [0.5, 0.6) is 0 Å². The van der Waals surface area contributed by atoms with Crippen LogP contribution in [0.3, 0.4) is 0 Å². The van der Waals surface area contributed by atoms with Crippen molar-refractivity contribution < 1.29 is 4.92 Å². The van der Waals surface area contributed by atoms with Crippen LogP contribution in [0.2, 0.25) is 0 Å². The molecule has 2 aromatic rings. The van der Waals surface area contributed by atoms with Gasteiger partial charge in [-0.1, -0.05) is 0 Å². The largest absolute Gasteiger partial charge is 0.270 e. The van der Waals surface area contributed by atoms with E-state index in [1.165, 1.54) is 12.1 Å². The van der Waals surface area contributed by atoms with Crippen LogP contribution in [-0.2, 0) is 7.05 Å². The van der Waals surface area contributed by atoms with Gasteiger partial charge in [-0.05, 0) is 31.5 Å². The summed E-state index contributed by atoms with van der Waals surface area (Å²) in [4.78, 5) is 14.5. The third-order valence-corrected chi connectivity index (χ3v) is 2.92. The maximum atomic E-state index is 10.5. The number of aliphatic imine (C=N–C) groups is 1. The van der Waals surface area contributed by atoms with E-state index >= 15 is 0 Å². The molecule has 0 amide bonds. The van der Waals surface area contributed by atoms with Crippen LogP contribution in [0.4, 0.5) is 11.4 Å². The molecule has 98 valence electrons. The van der Waals surface area contributed by atoms with Gasteiger partial charge in [0.2, 0.25) is 0 Å². The van der Waals surface area contributed by atoms with Gasteiger partial charge in [-0.25, -0.2) is 0 Å². The Kier molecular flexibility index (Phi) is 3.41. The summed E-state index contributed by atoms with van der Waals surface area (Å²) in [6.07, 6.45) is 1.68. The van der Waals surface area contributed by atoms with E-state index in [4.69, 9.17) is 0 Å². The zero-order chi connectivity index (χ0) is 14.0. The summed E-state index contributed by atoms with van der Waals surface area (Å²) in [5.74, 6) is 0. The van der Waals surface area contributed by atoms with Crippen molar-refractivity contribution in [2.24, 2.45) is 12.0 Å². The summed E-state index contributed by atoms with van der Waals surface area (Å²) >= 11 is 0. The third kappa shape index (κ3) is 2.67. The summed E-state index contributed by atoms with van der Waals surface area (Å²) in [7, 11) is 1.87. The molecular formula is C13H14N4O2. The molecule has 0 saturated carbocycles. The fourth-order valence-corrected chi connectivity index (χ4v) is 1.77. The van der Waals surface area contributed by atoms with Gasteiger partial charge < -0.3 is 0 Å². The molecule has 1 heterocycles. The normalized spacial score (nSPS) is 11.1. The highest BCUT2D eigenvalue weighted by Gasteiger charge is 2.07. The van der Waals surface area contributed by atoms with Crippen molar-refractivity contribution in [2.75, 3.05) is 0 Å². The molecule has 0 saturated heterocycles. The molecule has 0 atom stereocenters. The van der Waals surface area contributed by atoms with Crippen LogP contribution in [0, 0.1) is 24.0 Å². The lowest BCUT2D eigenvalue weighted by molar-refractivity contribution is -0.384. The lowest BCUT2D eigenvalue weighted by Crippen LogP contribution is -1.92. The van der Waals surface area contributed by atoms with Crippen LogP contribution in [0.1, 0.15) is 17.0 Å². The van der Waals surface area contributed by atoms with Crippen molar-refractivity contribution in [1.82, 2.24) is 9.78 Å². The summed E-state index contributed by atoms with van der Waals surface area (Å²) < 4.78 is 1.78. The van der Waals surface area contributed by atoms with E-state index in [-0.39, 0.29) is 5.69 Å². The highest BCUT2D eigenvalue weighted by molar-refractivity contribution is 5.82. The summed E-state index contributed by atoms with van der Waals surface area (Å²) in [6.45, 7) is 3.85. The molecular weight excluding hydrogens is 244 g/mol. The van der Waals surface area contributed by atoms with Crippen LogP contribution < -0.4 is 0 Å². The fraction of sp³-hybridized carbons (Fsp3) is 0.231. The van der Waals surface area contributed by atoms with Crippen molar-refractivity contribution in [2.45, 2.75) is 13.8 Å². The van der Waals surface area contributed by atoms with Crippen molar-refractivity contribution >= 4 is 17.6 Å². The summed E-state index contributed by atoms with van der Waals surface area (Å²) in [5, 5.41) is 14.8. The zero-order valence-electron chi connectivity index (χ0n) is 11.0. The summed E-state index contributed by atoms with van der Waals surface area (Å²) in [5.41, 5.74) is 3.56. The standard InChI is InChI=1S/C13H14N4O2/c1-9-13(10(2)16(3)15-9)14-8-11-4-6-12(7-5-11)17(18)19/h4-8H,1-3H3. The van der Waals surface area contributed by atoms with Crippen LogP contribution in [0.25, 0.3) is 0 Å². The molecule has 19 heavy (non-hydrogen) atoms. The minimum atomic E-state index is -0.420. The molecule has 0 spiro atoms. The Morgan fingerprint density at radius 2 is 1.95 bits per heavy atom. The van der Waals surface area contributed by atoms with Gasteiger partial charge in [-0.2, -0.15) is 5.10 Å². The highest BCUT2D eigenvalue weighted by atomic mass is 16.6. The lowest BCUT2D eigenvalue weighted by atomic mass is 10.2. The van der Waals surface area contributed by atoms with Gasteiger partial charge in [0, 0.05) is 25.4 Å². The van der Waals surface area contributed by atoms with Crippen LogP contribution in [0.15, 0.2) is 29.3 Å². The Labute approximate surface area is 110 Å². The number of nitro benzene ring substituents is 1. The SMILES string of the molecule is Cc1nn(C)c(C)c1N=Cc1ccc([N+](=O)[O-])cc1. The zero-order valence-corrected chi connectivity index (χ0v) is 11.0. The smallest absolute Gasteiger partial charge is 0.269 e. The van der Waals surface area contributed by atoms with Crippen LogP contribution in [-0.4, -0.2) is 20.9 Å². The van der Waals surface area contributed by atoms with Gasteiger partial charge in [0.1, 0.15) is 5.69 Å². The molecule has 0 radical (unpaired) electrons. The Bertz CT molecular complexity index is 641. The van der Waals surface area contributed by atoms with Gasteiger partial charge in [0.05, 0.1) is 16.3 Å². The van der Waals surface area contributed by atoms with E-state index < -0.39 is 4.92 Å². The first-order valence-electron chi connectivity index (χ1n) is 5.78. The van der Waals surface area contributed by atoms with E-state index in [1.54, 1.807) is 23.0 Å². The van der Waals surface area contributed by atoms with Crippen molar-refractivity contribution in [3.05, 3.63) is 51.3 Å². The molecule has 6 nitrogen and oxygen atoms in total. The maximum absolute atomic E-state index is 10.5. The van der Waals surface area contributed by atoms with Gasteiger partial charge >= 0.3 is 0 Å². The molecule has 1 aromatic carbocycles. The number of aryl methyl sites for hydroxylation is 2. The van der Waals surface area contributed by atoms with E-state index in [0.29, 0.717) is 0 Å². The van der Waals surface area contributed by atoms with E-state index in [9.17, 15) is 10.1 Å². The molecule has 0 fully saturated rings. The quantitative estimate of drug-likeness (QED) is 0.482. The fourth-order valence-electron chi connectivity index (χ4n) is 1.77. The van der Waals surface area contributed by atoms with Gasteiger partial charge in [0.15, 0.2) is 0 Å². The second kappa shape index (κ2) is 5.01. The average molecular weight is 258 g/mol. The van der Waals surface area contributed by atoms with Crippen LogP contribution >= 0.6 is 0 Å². The number of hydrogen-bond acceptors (Lipinski definition) is 4. The third-order valence-electron chi connectivity index (χ3n) is 2.92. The minimum absolute atomic E-state index is 0.0749. The van der Waals surface area contributed by atoms with Crippen molar-refractivity contribution in [3.8, 4) is 0 Å². The molecule has 2 rings (SSSR count). The Balaban J connectivity index is 2.25. The molecule has 1 aromatic heterocycles. The molecule has 0 N–H and O–H groups in total. The minimum Gasteiger partial charge on any atom is -0.270 e. The Hall–Kier alpha value is -2.50. The van der Waals surface area contributed by atoms with E-state index in [1.807, 2.05) is 20.9 Å². The lowest BCUT2D eigenvalue weighted by Gasteiger charge is -1.95. The topological polar surface area (TPSA) is 73.3 Å². The van der Waals surface area contributed by atoms with Gasteiger partial charge in [-0.15, -0.1) is 0 Å². The number of nitro groups is 1. The van der Waals surface area contributed by atoms with Crippen molar-refractivity contribution in [1.29, 1.82) is 0 Å². The second-order valence-electron chi connectivity index (χ2n) is 4.25. The molecule has 0 aliphatic heterocycles. The first-order valence-corrected chi connectivity index (χ1v) is 5.78. The maximum Gasteiger partial charge on any atom is 0.269 e. The molecule has 0 aliphatic rings. The summed E-state index contributed by atoms with van der Waals surface area (Å²) in [6, 6.07) is 6.26. The first kappa shape index (κ1) is 12.9. The van der Waals surface area contributed by atoms with Crippen molar-refractivity contribution in [3.63, 3.8) is 0 Å². The van der Waals surface area contributed by atoms with Gasteiger partial charge in [-0.3, -0.25) is 19.8 Å². The second-order valence-corrected chi connectivity index (χ2v) is 4.25. The number of nitrogens with zero attached hydrogens (tertiary/aromatic N) is 4. The number of hydrogen-bond donors (Lipinski definition) is 0. The van der Waals surface area contributed by atoms with E-state index in [0.717, 1.165) is 22.6 Å². The Morgan fingerprint density at radius 1 is 1.32 bits per heavy atom. The van der Waals surface area contributed by atoms with E-state index in [2.05, 4.69) is 10.1 Å². The number of benzene rings is 1. The number of non-ortho nitro benzene ring substituents is 1. The molecule has 0 unspecified atom stereocenters. The van der Waals surface area contributed by atoms with Gasteiger partial charge in [0.25, 0.3) is 5.69 Å². The predicted molar refractivity (Wildman–Crippen MR) is 73.0 cm³/mol. The highest BCUT2D eigenvalue weighted by Crippen LogP contribution is 2.22. The molecule has 0 aliphatic carbocycles. The molecule has 6 heteroatoms. The molecule has 0 bridgehead atoms. The average Bonchev–Trinajstić information content (AvgIpc) is 2.62.